The lowest BCUT2D eigenvalue weighted by Gasteiger charge is -2.37. The van der Waals surface area contributed by atoms with Crippen LogP contribution in [0.3, 0.4) is 0 Å². The van der Waals surface area contributed by atoms with E-state index >= 15 is 0 Å². The monoisotopic (exact) mass is 711 g/mol. The molecule has 0 saturated carbocycles. The van der Waals surface area contributed by atoms with E-state index in [2.05, 4.69) is 182 Å². The first-order chi connectivity index (χ1) is 27.8. The molecule has 3 unspecified atom stereocenters. The van der Waals surface area contributed by atoms with E-state index in [0.717, 1.165) is 27.6 Å². The standard InChI is InChI=1S/C54H33NO/c1-2-15-34-32(13-1)14-11-22-37(34)52-40-20-5-3-18-38(40)51(39-19-4-6-21-41(39)52)33-26-27-42-47(29-33)54(46-24-12-28-55-53(42)46)45-23-9-7-16-35(45)43-31-50-44(30-48(43)54)36-17-8-10-25-49(36)56-50/h1-31,40,52H. The Hall–Kier alpha value is -7.03. The summed E-state index contributed by atoms with van der Waals surface area (Å²) in [6.45, 7) is 0. The fourth-order valence-corrected chi connectivity index (χ4v) is 11.0. The van der Waals surface area contributed by atoms with Gasteiger partial charge in [0.25, 0.3) is 0 Å². The molecule has 13 rings (SSSR count). The molecule has 3 atom stereocenters. The van der Waals surface area contributed by atoms with Gasteiger partial charge in [-0.1, -0.05) is 152 Å². The zero-order chi connectivity index (χ0) is 36.5. The van der Waals surface area contributed by atoms with Gasteiger partial charge in [-0.05, 0) is 108 Å². The summed E-state index contributed by atoms with van der Waals surface area (Å²) in [5.74, 6) is 0.375. The van der Waals surface area contributed by atoms with Crippen LogP contribution >= 0.6 is 0 Å². The van der Waals surface area contributed by atoms with Crippen molar-refractivity contribution in [2.24, 2.45) is 5.92 Å². The van der Waals surface area contributed by atoms with Crippen molar-refractivity contribution in [3.63, 3.8) is 0 Å². The highest BCUT2D eigenvalue weighted by molar-refractivity contribution is 6.09. The Kier molecular flexibility index (Phi) is 5.97. The van der Waals surface area contributed by atoms with Crippen LogP contribution in [0.5, 0.6) is 0 Å². The Morgan fingerprint density at radius 1 is 0.500 bits per heavy atom. The van der Waals surface area contributed by atoms with Crippen molar-refractivity contribution >= 4 is 38.3 Å². The van der Waals surface area contributed by atoms with Crippen LogP contribution in [-0.2, 0) is 5.41 Å². The molecule has 4 aliphatic rings. The molecule has 0 N–H and O–H groups in total. The van der Waals surface area contributed by atoms with Gasteiger partial charge < -0.3 is 4.42 Å². The number of fused-ring (bicyclic) bond motifs is 16. The van der Waals surface area contributed by atoms with E-state index in [-0.39, 0.29) is 11.8 Å². The van der Waals surface area contributed by atoms with Crippen LogP contribution in [0, 0.1) is 5.92 Å². The minimum absolute atomic E-state index is 0.187. The number of nitrogens with zero attached hydrogens (tertiary/aromatic N) is 1. The van der Waals surface area contributed by atoms with Crippen LogP contribution in [0.25, 0.3) is 60.7 Å². The quantitative estimate of drug-likeness (QED) is 0.178. The number of furan rings is 1. The number of benzene rings is 7. The lowest BCUT2D eigenvalue weighted by molar-refractivity contribution is 0.653. The van der Waals surface area contributed by atoms with Crippen molar-refractivity contribution in [3.05, 3.63) is 238 Å². The van der Waals surface area contributed by atoms with Crippen molar-refractivity contribution in [2.45, 2.75) is 11.3 Å². The number of hydrogen-bond acceptors (Lipinski definition) is 2. The van der Waals surface area contributed by atoms with E-state index in [0.29, 0.717) is 0 Å². The van der Waals surface area contributed by atoms with Gasteiger partial charge in [-0.25, -0.2) is 0 Å². The maximum Gasteiger partial charge on any atom is 0.136 e. The first kappa shape index (κ1) is 30.3. The number of pyridine rings is 1. The highest BCUT2D eigenvalue weighted by atomic mass is 16.3. The van der Waals surface area contributed by atoms with Gasteiger partial charge in [0.15, 0.2) is 0 Å². The average Bonchev–Trinajstić information content (AvgIpc) is 3.88. The Bertz CT molecular complexity index is 3280. The Labute approximate surface area is 324 Å². The lowest BCUT2D eigenvalue weighted by Crippen LogP contribution is -2.26. The molecular formula is C54H33NO. The molecule has 7 aromatic carbocycles. The number of allylic oxidation sites excluding steroid dienone is 5. The maximum atomic E-state index is 6.50. The topological polar surface area (TPSA) is 26.0 Å². The van der Waals surface area contributed by atoms with Crippen molar-refractivity contribution in [3.8, 4) is 22.4 Å². The van der Waals surface area contributed by atoms with Crippen LogP contribution in [0.2, 0.25) is 0 Å². The summed E-state index contributed by atoms with van der Waals surface area (Å²) in [7, 11) is 0. The molecule has 2 heteroatoms. The SMILES string of the molecule is C1=CC2=C(c3ccc4c(c3)C3(c5ccccc5-c5cc6oc7ccccc7c6cc53)c3cccnc3-4)c3ccccc3C(c3cccc4ccccc34)C2C=C1. The predicted molar refractivity (Wildman–Crippen MR) is 228 cm³/mol. The van der Waals surface area contributed by atoms with Gasteiger partial charge in [0.1, 0.15) is 11.2 Å². The second-order valence-electron chi connectivity index (χ2n) is 15.7. The van der Waals surface area contributed by atoms with Crippen molar-refractivity contribution in [2.75, 3.05) is 0 Å². The summed E-state index contributed by atoms with van der Waals surface area (Å²) >= 11 is 0. The number of hydrogen-bond donors (Lipinski definition) is 0. The van der Waals surface area contributed by atoms with E-state index in [1.54, 1.807) is 0 Å². The zero-order valence-corrected chi connectivity index (χ0v) is 30.4. The van der Waals surface area contributed by atoms with Crippen molar-refractivity contribution in [1.29, 1.82) is 0 Å². The van der Waals surface area contributed by atoms with Crippen molar-refractivity contribution in [1.82, 2.24) is 4.98 Å². The normalized spacial score (nSPS) is 19.6. The summed E-state index contributed by atoms with van der Waals surface area (Å²) < 4.78 is 6.50. The molecule has 2 nitrogen and oxygen atoms in total. The molecule has 0 amide bonds. The predicted octanol–water partition coefficient (Wildman–Crippen LogP) is 13.2. The second-order valence-corrected chi connectivity index (χ2v) is 15.7. The summed E-state index contributed by atoms with van der Waals surface area (Å²) in [4.78, 5) is 5.13. The molecule has 1 spiro atoms. The molecule has 2 heterocycles. The third-order valence-corrected chi connectivity index (χ3v) is 13.2. The number of aromatic nitrogens is 1. The minimum Gasteiger partial charge on any atom is -0.456 e. The molecule has 0 aliphatic heterocycles. The van der Waals surface area contributed by atoms with E-state index in [1.807, 2.05) is 6.20 Å². The fraction of sp³-hybridized carbons (Fsp3) is 0.0556. The zero-order valence-electron chi connectivity index (χ0n) is 30.4. The molecule has 56 heavy (non-hydrogen) atoms. The van der Waals surface area contributed by atoms with E-state index in [1.165, 1.54) is 83.1 Å². The third kappa shape index (κ3) is 3.78. The molecular weight excluding hydrogens is 679 g/mol. The van der Waals surface area contributed by atoms with Gasteiger partial charge in [0.2, 0.25) is 0 Å². The Balaban J connectivity index is 1.10. The van der Waals surface area contributed by atoms with E-state index in [4.69, 9.17) is 9.40 Å². The Morgan fingerprint density at radius 3 is 2.23 bits per heavy atom. The molecule has 4 aliphatic carbocycles. The highest BCUT2D eigenvalue weighted by Gasteiger charge is 2.53. The molecule has 0 radical (unpaired) electrons. The van der Waals surface area contributed by atoms with E-state index < -0.39 is 5.41 Å². The fourth-order valence-electron chi connectivity index (χ4n) is 11.0. The largest absolute Gasteiger partial charge is 0.456 e. The van der Waals surface area contributed by atoms with Crippen LogP contribution < -0.4 is 0 Å². The van der Waals surface area contributed by atoms with Crippen LogP contribution in [0.4, 0.5) is 0 Å². The van der Waals surface area contributed by atoms with E-state index in [9.17, 15) is 0 Å². The Morgan fingerprint density at radius 2 is 1.27 bits per heavy atom. The van der Waals surface area contributed by atoms with Gasteiger partial charge in [0, 0.05) is 34.4 Å². The summed E-state index contributed by atoms with van der Waals surface area (Å²) in [6.07, 6.45) is 11.2. The molecule has 2 aromatic heterocycles. The molecule has 9 aromatic rings. The maximum absolute atomic E-state index is 6.50. The molecule has 0 fully saturated rings. The second kappa shape index (κ2) is 11.0. The van der Waals surface area contributed by atoms with Gasteiger partial charge in [-0.15, -0.1) is 0 Å². The first-order valence-corrected chi connectivity index (χ1v) is 19.6. The van der Waals surface area contributed by atoms with Crippen LogP contribution in [0.1, 0.15) is 50.4 Å². The molecule has 0 saturated heterocycles. The lowest BCUT2D eigenvalue weighted by atomic mass is 9.65. The minimum atomic E-state index is -0.542. The smallest absolute Gasteiger partial charge is 0.136 e. The van der Waals surface area contributed by atoms with Gasteiger partial charge in [-0.3, -0.25) is 4.98 Å². The molecule has 0 bridgehead atoms. The number of para-hydroxylation sites is 1. The highest BCUT2D eigenvalue weighted by Crippen LogP contribution is 2.64. The third-order valence-electron chi connectivity index (χ3n) is 13.2. The molecule has 260 valence electrons. The first-order valence-electron chi connectivity index (χ1n) is 19.6. The van der Waals surface area contributed by atoms with Gasteiger partial charge in [-0.2, -0.15) is 0 Å². The average molecular weight is 712 g/mol. The summed E-state index contributed by atoms with van der Waals surface area (Å²) in [5.41, 5.74) is 19.1. The summed E-state index contributed by atoms with van der Waals surface area (Å²) in [6, 6.07) is 58.5. The van der Waals surface area contributed by atoms with Crippen molar-refractivity contribution < 1.29 is 4.42 Å². The van der Waals surface area contributed by atoms with Crippen LogP contribution in [0.15, 0.2) is 198 Å². The number of rotatable bonds is 2. The van der Waals surface area contributed by atoms with Gasteiger partial charge in [0.05, 0.1) is 11.1 Å². The van der Waals surface area contributed by atoms with Crippen LogP contribution in [-0.4, -0.2) is 4.98 Å². The summed E-state index contributed by atoms with van der Waals surface area (Å²) in [5, 5.41) is 4.89. The van der Waals surface area contributed by atoms with Gasteiger partial charge >= 0.3 is 0 Å².